The van der Waals surface area contributed by atoms with Gasteiger partial charge in [-0.1, -0.05) is 33.4 Å². The number of rotatable bonds is 8. The Balaban J connectivity index is 0. The van der Waals surface area contributed by atoms with Crippen LogP contribution in [0.5, 0.6) is 0 Å². The second-order valence-corrected chi connectivity index (χ2v) is 4.74. The minimum atomic E-state index is -1.01. The highest BCUT2D eigenvalue weighted by molar-refractivity contribution is 5.88. The quantitative estimate of drug-likeness (QED) is 0.464. The van der Waals surface area contributed by atoms with Crippen LogP contribution in [0.25, 0.3) is 0 Å². The molecule has 0 amide bonds. The Kier molecular flexibility index (Phi) is 12.5. The molecule has 6 heteroatoms. The molecule has 0 heterocycles. The Morgan fingerprint density at radius 3 is 2.10 bits per heavy atom. The summed E-state index contributed by atoms with van der Waals surface area (Å²) in [5.74, 6) is -1.34. The van der Waals surface area contributed by atoms with Gasteiger partial charge < -0.3 is 20.1 Å². The van der Waals surface area contributed by atoms with Crippen LogP contribution in [0, 0.1) is 5.92 Å². The summed E-state index contributed by atoms with van der Waals surface area (Å²) in [6.07, 6.45) is 0.853. The van der Waals surface area contributed by atoms with Crippen LogP contribution in [0.1, 0.15) is 33.6 Å². The predicted molar refractivity (Wildman–Crippen MR) is 79.7 cm³/mol. The number of hydrogen-bond donors (Lipinski definition) is 3. The molecule has 0 aromatic carbocycles. The average molecular weight is 302 g/mol. The van der Waals surface area contributed by atoms with Crippen molar-refractivity contribution in [2.24, 2.45) is 5.92 Å². The zero-order valence-electron chi connectivity index (χ0n) is 13.0. The van der Waals surface area contributed by atoms with E-state index >= 15 is 0 Å². The van der Waals surface area contributed by atoms with E-state index in [-0.39, 0.29) is 18.1 Å². The van der Waals surface area contributed by atoms with E-state index in [2.05, 4.69) is 13.2 Å². The van der Waals surface area contributed by atoms with E-state index in [4.69, 9.17) is 20.1 Å². The minimum Gasteiger partial charge on any atom is -0.478 e. The molecule has 0 aliphatic heterocycles. The van der Waals surface area contributed by atoms with Crippen molar-refractivity contribution >= 4 is 11.9 Å². The van der Waals surface area contributed by atoms with Gasteiger partial charge >= 0.3 is 11.9 Å². The van der Waals surface area contributed by atoms with Crippen LogP contribution < -0.4 is 0 Å². The Morgan fingerprint density at radius 2 is 1.76 bits per heavy atom. The van der Waals surface area contributed by atoms with Crippen LogP contribution in [-0.4, -0.2) is 46.6 Å². The normalized spacial score (nSPS) is 12.4. The summed E-state index contributed by atoms with van der Waals surface area (Å²) in [6.45, 7) is 11.6. The fourth-order valence-electron chi connectivity index (χ4n) is 1.13. The van der Waals surface area contributed by atoms with E-state index in [1.54, 1.807) is 0 Å². The molecule has 0 rings (SSSR count). The Morgan fingerprint density at radius 1 is 1.29 bits per heavy atom. The number of ether oxygens (including phenoxy) is 1. The number of carbonyl (C=O) groups is 2. The Bertz CT molecular complexity index is 349. The largest absolute Gasteiger partial charge is 0.478 e. The third-order valence-corrected chi connectivity index (χ3v) is 2.56. The summed E-state index contributed by atoms with van der Waals surface area (Å²) in [4.78, 5) is 21.0. The molecule has 122 valence electrons. The van der Waals surface area contributed by atoms with Crippen LogP contribution in [-0.2, 0) is 14.3 Å². The highest BCUT2D eigenvalue weighted by Crippen LogP contribution is 2.15. The van der Waals surface area contributed by atoms with Gasteiger partial charge in [-0.05, 0) is 19.3 Å². The number of esters is 1. The first-order valence-corrected chi connectivity index (χ1v) is 6.70. The van der Waals surface area contributed by atoms with Crippen LogP contribution in [0.4, 0.5) is 0 Å². The highest BCUT2D eigenvalue weighted by Gasteiger charge is 2.16. The number of aliphatic hydroxyl groups excluding tert-OH is 2. The van der Waals surface area contributed by atoms with Crippen LogP contribution >= 0.6 is 0 Å². The lowest BCUT2D eigenvalue weighted by Crippen LogP contribution is -2.23. The molecular weight excluding hydrogens is 276 g/mol. The Labute approximate surface area is 125 Å². The van der Waals surface area contributed by atoms with Crippen LogP contribution in [0.3, 0.4) is 0 Å². The van der Waals surface area contributed by atoms with E-state index in [1.165, 1.54) is 6.92 Å². The van der Waals surface area contributed by atoms with Gasteiger partial charge in [0.1, 0.15) is 12.7 Å². The standard InChI is InChI=1S/C11H20O4.C4H6O2/c1-4-5-8(2)9(3)11(14)15-7-10(13)6-12;1-3(2)4(5)6/h8,10,12-13H,3-7H2,1-2H3;1H2,2H3,(H,5,6). The second-order valence-electron chi connectivity index (χ2n) is 4.74. The first-order valence-electron chi connectivity index (χ1n) is 6.70. The molecule has 0 aromatic rings. The van der Waals surface area contributed by atoms with Crippen molar-refractivity contribution < 1.29 is 29.6 Å². The fraction of sp³-hybridized carbons (Fsp3) is 0.600. The van der Waals surface area contributed by atoms with Gasteiger partial charge in [0.15, 0.2) is 0 Å². The number of carbonyl (C=O) groups excluding carboxylic acids is 1. The third-order valence-electron chi connectivity index (χ3n) is 2.56. The summed E-state index contributed by atoms with van der Waals surface area (Å²) in [7, 11) is 0. The summed E-state index contributed by atoms with van der Waals surface area (Å²) in [5.41, 5.74) is 0.594. The molecule has 0 fully saturated rings. The van der Waals surface area contributed by atoms with Gasteiger partial charge in [-0.15, -0.1) is 0 Å². The third kappa shape index (κ3) is 11.8. The maximum absolute atomic E-state index is 11.4. The van der Waals surface area contributed by atoms with E-state index in [9.17, 15) is 9.59 Å². The molecule has 2 unspecified atom stereocenters. The smallest absolute Gasteiger partial charge is 0.333 e. The molecule has 0 aromatic heterocycles. The molecule has 6 nitrogen and oxygen atoms in total. The lowest BCUT2D eigenvalue weighted by Gasteiger charge is -2.14. The molecule has 2 atom stereocenters. The van der Waals surface area contributed by atoms with Crippen molar-refractivity contribution in [1.82, 2.24) is 0 Å². The van der Waals surface area contributed by atoms with Crippen LogP contribution in [0.15, 0.2) is 24.3 Å². The van der Waals surface area contributed by atoms with E-state index < -0.39 is 24.6 Å². The maximum Gasteiger partial charge on any atom is 0.333 e. The van der Waals surface area contributed by atoms with Crippen LogP contribution in [0.2, 0.25) is 0 Å². The van der Waals surface area contributed by atoms with E-state index in [0.29, 0.717) is 5.57 Å². The fourth-order valence-corrected chi connectivity index (χ4v) is 1.13. The van der Waals surface area contributed by atoms with Crippen molar-refractivity contribution in [3.63, 3.8) is 0 Å². The van der Waals surface area contributed by atoms with E-state index in [1.807, 2.05) is 13.8 Å². The maximum atomic E-state index is 11.4. The number of carboxylic acids is 1. The zero-order chi connectivity index (χ0) is 17.0. The van der Waals surface area contributed by atoms with Crippen molar-refractivity contribution in [3.8, 4) is 0 Å². The van der Waals surface area contributed by atoms with Gasteiger partial charge in [-0.3, -0.25) is 0 Å². The van der Waals surface area contributed by atoms with Gasteiger partial charge in [0.25, 0.3) is 0 Å². The van der Waals surface area contributed by atoms with E-state index in [0.717, 1.165) is 12.8 Å². The minimum absolute atomic E-state index is 0.0915. The summed E-state index contributed by atoms with van der Waals surface area (Å²) in [5, 5.41) is 25.4. The molecule has 0 radical (unpaired) electrons. The number of aliphatic hydroxyl groups is 2. The van der Waals surface area contributed by atoms with Gasteiger partial charge in [-0.2, -0.15) is 0 Å². The molecule has 0 aliphatic rings. The zero-order valence-corrected chi connectivity index (χ0v) is 13.0. The first kappa shape index (κ1) is 21.6. The predicted octanol–water partition coefficient (Wildman–Crippen LogP) is 1.52. The summed E-state index contributed by atoms with van der Waals surface area (Å²) in [6, 6.07) is 0. The van der Waals surface area contributed by atoms with Gasteiger partial charge in [0.05, 0.1) is 6.61 Å². The molecule has 0 aliphatic carbocycles. The van der Waals surface area contributed by atoms with Crippen molar-refractivity contribution in [2.45, 2.75) is 39.7 Å². The molecule has 0 saturated heterocycles. The molecule has 0 spiro atoms. The van der Waals surface area contributed by atoms with Crippen molar-refractivity contribution in [3.05, 3.63) is 24.3 Å². The number of hydrogen-bond acceptors (Lipinski definition) is 5. The average Bonchev–Trinajstić information content (AvgIpc) is 2.44. The summed E-state index contributed by atoms with van der Waals surface area (Å²) < 4.78 is 4.78. The monoisotopic (exact) mass is 302 g/mol. The molecule has 0 bridgehead atoms. The molecule has 21 heavy (non-hydrogen) atoms. The lowest BCUT2D eigenvalue weighted by atomic mass is 9.98. The molecule has 0 saturated carbocycles. The van der Waals surface area contributed by atoms with Gasteiger partial charge in [0, 0.05) is 11.1 Å². The van der Waals surface area contributed by atoms with Gasteiger partial charge in [-0.25, -0.2) is 9.59 Å². The SMILES string of the molecule is C=C(C(=O)OCC(O)CO)C(C)CCC.C=C(C)C(=O)O. The van der Waals surface area contributed by atoms with Crippen molar-refractivity contribution in [2.75, 3.05) is 13.2 Å². The Hall–Kier alpha value is -1.66. The first-order chi connectivity index (χ1) is 9.67. The van der Waals surface area contributed by atoms with Crippen molar-refractivity contribution in [1.29, 1.82) is 0 Å². The topological polar surface area (TPSA) is 104 Å². The molecular formula is C15H26O6. The van der Waals surface area contributed by atoms with Gasteiger partial charge in [0.2, 0.25) is 0 Å². The highest BCUT2D eigenvalue weighted by atomic mass is 16.5. The second kappa shape index (κ2) is 12.1. The molecule has 3 N–H and O–H groups in total. The number of aliphatic carboxylic acids is 1. The lowest BCUT2D eigenvalue weighted by molar-refractivity contribution is -0.143. The number of carboxylic acid groups (broad SMARTS) is 1. The summed E-state index contributed by atoms with van der Waals surface area (Å²) >= 11 is 0.